The molecule has 21 heavy (non-hydrogen) atoms. The molecule has 2 amide bonds. The summed E-state index contributed by atoms with van der Waals surface area (Å²) in [5.41, 5.74) is 2.49. The number of hydrogen-bond acceptors (Lipinski definition) is 4. The van der Waals surface area contributed by atoms with Crippen molar-refractivity contribution in [3.63, 3.8) is 0 Å². The van der Waals surface area contributed by atoms with Crippen LogP contribution in [0.5, 0.6) is 0 Å². The van der Waals surface area contributed by atoms with E-state index in [9.17, 15) is 9.59 Å². The lowest BCUT2D eigenvalue weighted by Gasteiger charge is -2.24. The average Bonchev–Trinajstić information content (AvgIpc) is 2.61. The predicted octanol–water partition coefficient (Wildman–Crippen LogP) is 0.879. The fourth-order valence-corrected chi connectivity index (χ4v) is 3.10. The number of nitrogens with one attached hydrogen (secondary N) is 3. The Balaban J connectivity index is 1.93. The van der Waals surface area contributed by atoms with E-state index in [2.05, 4.69) is 20.9 Å². The Morgan fingerprint density at radius 3 is 2.90 bits per heavy atom. The second-order valence-electron chi connectivity index (χ2n) is 5.19. The number of nitrogens with zero attached hydrogens (tertiary/aromatic N) is 1. The van der Waals surface area contributed by atoms with Crippen LogP contribution in [0.2, 0.25) is 5.02 Å². The number of rotatable bonds is 2. The van der Waals surface area contributed by atoms with Gasteiger partial charge in [-0.15, -0.1) is 0 Å². The summed E-state index contributed by atoms with van der Waals surface area (Å²) in [6, 6.07) is 3.35. The lowest BCUT2D eigenvalue weighted by atomic mass is 10.1. The molecule has 3 N–H and O–H groups in total. The highest BCUT2D eigenvalue weighted by Crippen LogP contribution is 2.38. The normalized spacial score (nSPS) is 21.6. The van der Waals surface area contributed by atoms with Crippen molar-refractivity contribution in [2.24, 2.45) is 0 Å². The second kappa shape index (κ2) is 5.54. The van der Waals surface area contributed by atoms with Gasteiger partial charge in [0, 0.05) is 37.3 Å². The van der Waals surface area contributed by atoms with Gasteiger partial charge in [0.25, 0.3) is 0 Å². The second-order valence-corrected chi connectivity index (χ2v) is 5.60. The van der Waals surface area contributed by atoms with Crippen molar-refractivity contribution in [2.75, 3.05) is 36.9 Å². The van der Waals surface area contributed by atoms with Gasteiger partial charge < -0.3 is 20.9 Å². The molecule has 0 aliphatic carbocycles. The number of fused-ring (bicyclic) bond motifs is 1. The molecular weight excluding hydrogens is 292 g/mol. The minimum absolute atomic E-state index is 0.0540. The van der Waals surface area contributed by atoms with Crippen molar-refractivity contribution in [1.82, 2.24) is 10.6 Å². The summed E-state index contributed by atoms with van der Waals surface area (Å²) >= 11 is 6.39. The SMILES string of the molecule is CNC1C(=O)Nc2cc(N3CCNC(=O)CC3)c(Cl)cc21. The van der Waals surface area contributed by atoms with Gasteiger partial charge in [-0.25, -0.2) is 0 Å². The van der Waals surface area contributed by atoms with Gasteiger partial charge >= 0.3 is 0 Å². The first-order valence-corrected chi connectivity index (χ1v) is 7.31. The van der Waals surface area contributed by atoms with Gasteiger partial charge in [-0.2, -0.15) is 0 Å². The van der Waals surface area contributed by atoms with Gasteiger partial charge in [0.2, 0.25) is 11.8 Å². The standard InChI is InChI=1S/C14H17ClN4O2/c1-16-13-8-6-9(15)11(7-10(8)18-14(13)21)19-4-2-12(20)17-3-5-19/h6-7,13,16H,2-5H2,1H3,(H,17,20)(H,18,21). The summed E-state index contributed by atoms with van der Waals surface area (Å²) in [4.78, 5) is 25.4. The molecule has 0 radical (unpaired) electrons. The van der Waals surface area contributed by atoms with E-state index in [1.54, 1.807) is 7.05 Å². The molecule has 1 saturated heterocycles. The van der Waals surface area contributed by atoms with Crippen molar-refractivity contribution < 1.29 is 9.59 Å². The van der Waals surface area contributed by atoms with E-state index in [-0.39, 0.29) is 17.9 Å². The monoisotopic (exact) mass is 308 g/mol. The molecule has 0 spiro atoms. The van der Waals surface area contributed by atoms with Crippen LogP contribution in [0.4, 0.5) is 11.4 Å². The molecule has 0 bridgehead atoms. The lowest BCUT2D eigenvalue weighted by Crippen LogP contribution is -2.28. The summed E-state index contributed by atoms with van der Waals surface area (Å²) in [5, 5.41) is 9.27. The minimum atomic E-state index is -0.362. The zero-order valence-electron chi connectivity index (χ0n) is 11.7. The van der Waals surface area contributed by atoms with Gasteiger partial charge in [-0.1, -0.05) is 11.6 Å². The van der Waals surface area contributed by atoms with E-state index in [0.717, 1.165) is 16.9 Å². The Morgan fingerprint density at radius 1 is 1.33 bits per heavy atom. The average molecular weight is 309 g/mol. The highest BCUT2D eigenvalue weighted by Gasteiger charge is 2.31. The van der Waals surface area contributed by atoms with Crippen LogP contribution in [-0.2, 0) is 9.59 Å². The quantitative estimate of drug-likeness (QED) is 0.758. The van der Waals surface area contributed by atoms with E-state index < -0.39 is 0 Å². The van der Waals surface area contributed by atoms with Crippen molar-refractivity contribution in [3.05, 3.63) is 22.7 Å². The molecule has 2 heterocycles. The molecule has 1 atom stereocenters. The maximum atomic E-state index is 11.9. The van der Waals surface area contributed by atoms with Crippen molar-refractivity contribution in [2.45, 2.75) is 12.5 Å². The molecule has 6 nitrogen and oxygen atoms in total. The third-order valence-corrected chi connectivity index (χ3v) is 4.19. The van der Waals surface area contributed by atoms with E-state index in [1.807, 2.05) is 12.1 Å². The third-order valence-electron chi connectivity index (χ3n) is 3.89. The van der Waals surface area contributed by atoms with E-state index >= 15 is 0 Å². The molecular formula is C14H17ClN4O2. The van der Waals surface area contributed by atoms with E-state index in [4.69, 9.17) is 11.6 Å². The molecule has 7 heteroatoms. The van der Waals surface area contributed by atoms with Crippen LogP contribution in [0, 0.1) is 0 Å². The maximum absolute atomic E-state index is 11.9. The van der Waals surface area contributed by atoms with E-state index in [0.29, 0.717) is 31.1 Å². The topological polar surface area (TPSA) is 73.5 Å². The zero-order valence-corrected chi connectivity index (χ0v) is 12.5. The molecule has 1 aromatic carbocycles. The van der Waals surface area contributed by atoms with E-state index in [1.165, 1.54) is 0 Å². The molecule has 1 fully saturated rings. The number of benzene rings is 1. The van der Waals surface area contributed by atoms with Gasteiger partial charge in [0.15, 0.2) is 0 Å². The Labute approximate surface area is 127 Å². The van der Waals surface area contributed by atoms with Crippen molar-refractivity contribution >= 4 is 34.8 Å². The largest absolute Gasteiger partial charge is 0.368 e. The Morgan fingerprint density at radius 2 is 2.14 bits per heavy atom. The van der Waals surface area contributed by atoms with Crippen LogP contribution in [0.1, 0.15) is 18.0 Å². The number of carbonyl (C=O) groups is 2. The third kappa shape index (κ3) is 2.56. The number of anilines is 2. The van der Waals surface area contributed by atoms with Crippen LogP contribution in [-0.4, -0.2) is 38.5 Å². The number of likely N-dealkylation sites (N-methyl/N-ethyl adjacent to an activating group) is 1. The summed E-state index contributed by atoms with van der Waals surface area (Å²) in [7, 11) is 1.74. The van der Waals surface area contributed by atoms with Gasteiger partial charge in [0.05, 0.1) is 10.7 Å². The Kier molecular flexibility index (Phi) is 3.73. The first-order chi connectivity index (χ1) is 10.1. The summed E-state index contributed by atoms with van der Waals surface area (Å²) in [5.74, 6) is -0.0215. The van der Waals surface area contributed by atoms with Crippen LogP contribution in [0.3, 0.4) is 0 Å². The number of halogens is 1. The summed E-state index contributed by atoms with van der Waals surface area (Å²) < 4.78 is 0. The zero-order chi connectivity index (χ0) is 15.0. The Hall–Kier alpha value is -1.79. The predicted molar refractivity (Wildman–Crippen MR) is 81.7 cm³/mol. The lowest BCUT2D eigenvalue weighted by molar-refractivity contribution is -0.120. The fourth-order valence-electron chi connectivity index (χ4n) is 2.81. The smallest absolute Gasteiger partial charge is 0.246 e. The first-order valence-electron chi connectivity index (χ1n) is 6.93. The molecule has 1 aromatic rings. The Bertz CT molecular complexity index is 605. The van der Waals surface area contributed by atoms with Gasteiger partial charge in [-0.3, -0.25) is 9.59 Å². The first kappa shape index (κ1) is 14.2. The number of hydrogen-bond donors (Lipinski definition) is 3. The van der Waals surface area contributed by atoms with Gasteiger partial charge in [0.1, 0.15) is 6.04 Å². The van der Waals surface area contributed by atoms with Gasteiger partial charge in [-0.05, 0) is 19.2 Å². The van der Waals surface area contributed by atoms with Crippen LogP contribution < -0.4 is 20.9 Å². The summed E-state index contributed by atoms with van der Waals surface area (Å²) in [6.45, 7) is 1.92. The van der Waals surface area contributed by atoms with Crippen LogP contribution in [0.25, 0.3) is 0 Å². The van der Waals surface area contributed by atoms with Crippen LogP contribution >= 0.6 is 11.6 Å². The molecule has 0 aromatic heterocycles. The highest BCUT2D eigenvalue weighted by molar-refractivity contribution is 6.33. The molecule has 3 rings (SSSR count). The molecule has 0 saturated carbocycles. The summed E-state index contributed by atoms with van der Waals surface area (Å²) in [6.07, 6.45) is 0.443. The number of carbonyl (C=O) groups excluding carboxylic acids is 2. The maximum Gasteiger partial charge on any atom is 0.246 e. The number of amides is 2. The molecule has 112 valence electrons. The minimum Gasteiger partial charge on any atom is -0.368 e. The molecule has 2 aliphatic heterocycles. The molecule has 1 unspecified atom stereocenters. The highest BCUT2D eigenvalue weighted by atomic mass is 35.5. The van der Waals surface area contributed by atoms with Crippen molar-refractivity contribution in [3.8, 4) is 0 Å². The fraction of sp³-hybridized carbons (Fsp3) is 0.429. The van der Waals surface area contributed by atoms with Crippen LogP contribution in [0.15, 0.2) is 12.1 Å². The molecule has 2 aliphatic rings. The van der Waals surface area contributed by atoms with Crippen molar-refractivity contribution in [1.29, 1.82) is 0 Å².